The molecule has 0 aliphatic rings. The summed E-state index contributed by atoms with van der Waals surface area (Å²) in [5, 5.41) is 11.0. The van der Waals surface area contributed by atoms with E-state index in [1.807, 2.05) is 37.3 Å². The highest BCUT2D eigenvalue weighted by Crippen LogP contribution is 2.18. The second kappa shape index (κ2) is 8.44. The number of carboxylic acid groups (broad SMARTS) is 1. The molecule has 2 rings (SSSR count). The highest BCUT2D eigenvalue weighted by Gasteiger charge is 2.15. The van der Waals surface area contributed by atoms with Crippen LogP contribution in [0.3, 0.4) is 0 Å². The summed E-state index contributed by atoms with van der Waals surface area (Å²) in [4.78, 5) is 36.2. The third-order valence-corrected chi connectivity index (χ3v) is 3.41. The Morgan fingerprint density at radius 1 is 1.00 bits per heavy atom. The van der Waals surface area contributed by atoms with Crippen molar-refractivity contribution in [2.45, 2.75) is 6.92 Å². The number of hydrogen-bond acceptors (Lipinski definition) is 3. The lowest BCUT2D eigenvalue weighted by Gasteiger charge is -2.21. The van der Waals surface area contributed by atoms with Crippen LogP contribution in [0.25, 0.3) is 0 Å². The molecule has 2 amide bonds. The molecule has 0 unspecified atom stereocenters. The third kappa shape index (κ3) is 5.04. The number of aliphatic carboxylic acids is 1. The number of nitrogens with zero attached hydrogens (tertiary/aromatic N) is 1. The van der Waals surface area contributed by atoms with Gasteiger partial charge in [0.25, 0.3) is 5.91 Å². The number of carbonyl (C=O) groups excluding carboxylic acids is 2. The fourth-order valence-electron chi connectivity index (χ4n) is 2.23. The van der Waals surface area contributed by atoms with Gasteiger partial charge in [0, 0.05) is 35.6 Å². The van der Waals surface area contributed by atoms with Gasteiger partial charge in [-0.3, -0.25) is 9.59 Å². The van der Waals surface area contributed by atoms with Gasteiger partial charge in [0.2, 0.25) is 5.91 Å². The Balaban J connectivity index is 2.09. The molecule has 2 N–H and O–H groups in total. The van der Waals surface area contributed by atoms with Crippen LogP contribution in [0, 0.1) is 0 Å². The van der Waals surface area contributed by atoms with Gasteiger partial charge in [-0.1, -0.05) is 18.2 Å². The molecule has 0 saturated carbocycles. The van der Waals surface area contributed by atoms with Gasteiger partial charge < -0.3 is 15.3 Å². The van der Waals surface area contributed by atoms with E-state index < -0.39 is 11.9 Å². The van der Waals surface area contributed by atoms with Gasteiger partial charge in [-0.15, -0.1) is 0 Å². The van der Waals surface area contributed by atoms with Gasteiger partial charge in [0.05, 0.1) is 0 Å². The molecule has 25 heavy (non-hydrogen) atoms. The number of amides is 2. The molecule has 0 radical (unpaired) electrons. The Morgan fingerprint density at radius 3 is 2.20 bits per heavy atom. The standard InChI is InChI=1S/C19H18N2O4/c1-2-21(16-6-4-3-5-7-16)19(25)14-8-10-15(11-9-14)20-17(22)12-13-18(23)24/h3-13H,2H2,1H3,(H,20,22)(H,23,24)/b13-12+. The average molecular weight is 338 g/mol. The first kappa shape index (κ1) is 17.9. The van der Waals surface area contributed by atoms with Crippen molar-refractivity contribution >= 4 is 29.2 Å². The Bertz CT molecular complexity index is 783. The maximum absolute atomic E-state index is 12.6. The maximum Gasteiger partial charge on any atom is 0.328 e. The Morgan fingerprint density at radius 2 is 1.64 bits per heavy atom. The molecule has 0 atom stereocenters. The smallest absolute Gasteiger partial charge is 0.328 e. The fourth-order valence-corrected chi connectivity index (χ4v) is 2.23. The third-order valence-electron chi connectivity index (χ3n) is 3.41. The molecule has 0 aliphatic heterocycles. The highest BCUT2D eigenvalue weighted by molar-refractivity contribution is 6.07. The number of rotatable bonds is 6. The van der Waals surface area contributed by atoms with Crippen molar-refractivity contribution in [1.29, 1.82) is 0 Å². The summed E-state index contributed by atoms with van der Waals surface area (Å²) in [7, 11) is 0. The van der Waals surface area contributed by atoms with E-state index in [2.05, 4.69) is 5.32 Å². The zero-order chi connectivity index (χ0) is 18.2. The molecule has 0 heterocycles. The quantitative estimate of drug-likeness (QED) is 0.793. The van der Waals surface area contributed by atoms with E-state index >= 15 is 0 Å². The van der Waals surface area contributed by atoms with Crippen LogP contribution in [0.5, 0.6) is 0 Å². The summed E-state index contributed by atoms with van der Waals surface area (Å²) in [5.74, 6) is -1.89. The Kier molecular flexibility index (Phi) is 6.06. The highest BCUT2D eigenvalue weighted by atomic mass is 16.4. The number of carboxylic acids is 1. The van der Waals surface area contributed by atoms with E-state index in [9.17, 15) is 14.4 Å². The van der Waals surface area contributed by atoms with Crippen LogP contribution in [-0.2, 0) is 9.59 Å². The molecule has 0 spiro atoms. The molecule has 0 aliphatic carbocycles. The summed E-state index contributed by atoms with van der Waals surface area (Å²) in [6, 6.07) is 15.8. The molecule has 0 saturated heterocycles. The number of anilines is 2. The zero-order valence-electron chi connectivity index (χ0n) is 13.7. The SMILES string of the molecule is CCN(C(=O)c1ccc(NC(=O)/C=C/C(=O)O)cc1)c1ccccc1. The molecule has 2 aromatic carbocycles. The molecule has 6 nitrogen and oxygen atoms in total. The lowest BCUT2D eigenvalue weighted by molar-refractivity contribution is -0.131. The first-order chi connectivity index (χ1) is 12.0. The predicted molar refractivity (Wildman–Crippen MR) is 95.6 cm³/mol. The van der Waals surface area contributed by atoms with Gasteiger partial charge in [-0.25, -0.2) is 4.79 Å². The van der Waals surface area contributed by atoms with E-state index in [0.29, 0.717) is 17.8 Å². The minimum absolute atomic E-state index is 0.141. The van der Waals surface area contributed by atoms with Gasteiger partial charge in [0.15, 0.2) is 0 Å². The van der Waals surface area contributed by atoms with Crippen LogP contribution in [0.1, 0.15) is 17.3 Å². The lowest BCUT2D eigenvalue weighted by Crippen LogP contribution is -2.30. The van der Waals surface area contributed by atoms with Crippen molar-refractivity contribution in [2.75, 3.05) is 16.8 Å². The van der Waals surface area contributed by atoms with E-state index in [4.69, 9.17) is 5.11 Å². The Labute approximate surface area is 145 Å². The monoisotopic (exact) mass is 338 g/mol. The number of nitrogens with one attached hydrogen (secondary N) is 1. The summed E-state index contributed by atoms with van der Waals surface area (Å²) in [5.41, 5.74) is 1.77. The van der Waals surface area contributed by atoms with Crippen LogP contribution in [-0.4, -0.2) is 29.4 Å². The zero-order valence-corrected chi connectivity index (χ0v) is 13.7. The van der Waals surface area contributed by atoms with E-state index in [1.165, 1.54) is 0 Å². The molecule has 0 aromatic heterocycles. The van der Waals surface area contributed by atoms with E-state index in [-0.39, 0.29) is 5.91 Å². The van der Waals surface area contributed by atoms with Gasteiger partial charge in [0.1, 0.15) is 0 Å². The van der Waals surface area contributed by atoms with Gasteiger partial charge in [-0.2, -0.15) is 0 Å². The van der Waals surface area contributed by atoms with E-state index in [0.717, 1.165) is 17.8 Å². The van der Waals surface area contributed by atoms with Crippen LogP contribution in [0.15, 0.2) is 66.7 Å². The lowest BCUT2D eigenvalue weighted by atomic mass is 10.1. The molecule has 6 heteroatoms. The van der Waals surface area contributed by atoms with Crippen LogP contribution >= 0.6 is 0 Å². The predicted octanol–water partition coefficient (Wildman–Crippen LogP) is 2.93. The van der Waals surface area contributed by atoms with Crippen molar-refractivity contribution in [3.8, 4) is 0 Å². The number of carbonyl (C=O) groups is 3. The fraction of sp³-hybridized carbons (Fsp3) is 0.105. The molecular weight excluding hydrogens is 320 g/mol. The van der Waals surface area contributed by atoms with Gasteiger partial charge in [-0.05, 0) is 43.3 Å². The summed E-state index contributed by atoms with van der Waals surface area (Å²) in [6.07, 6.45) is 1.68. The minimum atomic E-state index is -1.20. The first-order valence-corrected chi connectivity index (χ1v) is 7.70. The van der Waals surface area contributed by atoms with Crippen molar-refractivity contribution in [3.63, 3.8) is 0 Å². The second-order valence-electron chi connectivity index (χ2n) is 5.12. The number of hydrogen-bond donors (Lipinski definition) is 2. The van der Waals surface area contributed by atoms with Crippen molar-refractivity contribution in [3.05, 3.63) is 72.3 Å². The molecule has 128 valence electrons. The molecule has 2 aromatic rings. The first-order valence-electron chi connectivity index (χ1n) is 7.70. The van der Waals surface area contributed by atoms with Crippen LogP contribution < -0.4 is 10.2 Å². The number of benzene rings is 2. The van der Waals surface area contributed by atoms with Crippen molar-refractivity contribution < 1.29 is 19.5 Å². The molecule has 0 bridgehead atoms. The van der Waals surface area contributed by atoms with Crippen LogP contribution in [0.2, 0.25) is 0 Å². The molecular formula is C19H18N2O4. The van der Waals surface area contributed by atoms with Crippen molar-refractivity contribution in [2.24, 2.45) is 0 Å². The molecule has 0 fully saturated rings. The average Bonchev–Trinajstić information content (AvgIpc) is 2.62. The normalized spacial score (nSPS) is 10.4. The minimum Gasteiger partial charge on any atom is -0.478 e. The largest absolute Gasteiger partial charge is 0.478 e. The van der Waals surface area contributed by atoms with E-state index in [1.54, 1.807) is 29.2 Å². The summed E-state index contributed by atoms with van der Waals surface area (Å²) in [6.45, 7) is 2.43. The summed E-state index contributed by atoms with van der Waals surface area (Å²) < 4.78 is 0. The second-order valence-corrected chi connectivity index (χ2v) is 5.12. The number of para-hydroxylation sites is 1. The van der Waals surface area contributed by atoms with Crippen molar-refractivity contribution in [1.82, 2.24) is 0 Å². The maximum atomic E-state index is 12.6. The topological polar surface area (TPSA) is 86.7 Å². The van der Waals surface area contributed by atoms with Crippen LogP contribution in [0.4, 0.5) is 11.4 Å². The van der Waals surface area contributed by atoms with Gasteiger partial charge >= 0.3 is 5.97 Å². The summed E-state index contributed by atoms with van der Waals surface area (Å²) >= 11 is 0. The Hall–Kier alpha value is -3.41.